The van der Waals surface area contributed by atoms with Crippen LogP contribution in [0.4, 0.5) is 0 Å². The van der Waals surface area contributed by atoms with Crippen molar-refractivity contribution in [1.82, 2.24) is 10.2 Å². The molecule has 3 heteroatoms. The molecule has 3 nitrogen and oxygen atoms in total. The van der Waals surface area contributed by atoms with Crippen LogP contribution in [0, 0.1) is 11.3 Å². The van der Waals surface area contributed by atoms with Crippen molar-refractivity contribution in [2.75, 3.05) is 32.7 Å². The van der Waals surface area contributed by atoms with Gasteiger partial charge in [-0.05, 0) is 0 Å². The molecular weight excluding hydrogens is 150 g/mol. The Balaban J connectivity index is 0.000000561. The second-order valence-electron chi connectivity index (χ2n) is 2.50. The van der Waals surface area contributed by atoms with Crippen molar-refractivity contribution >= 4 is 0 Å². The lowest BCUT2D eigenvalue weighted by molar-refractivity contribution is 0.246. The summed E-state index contributed by atoms with van der Waals surface area (Å²) in [6, 6.07) is 2.15. The molecule has 0 unspecified atom stereocenters. The Morgan fingerprint density at radius 2 is 1.92 bits per heavy atom. The SMILES string of the molecule is CC.N#CCCN1CCNCC1. The van der Waals surface area contributed by atoms with Crippen LogP contribution >= 0.6 is 0 Å². The molecule has 12 heavy (non-hydrogen) atoms. The monoisotopic (exact) mass is 169 g/mol. The van der Waals surface area contributed by atoms with Crippen LogP contribution in [0.25, 0.3) is 0 Å². The van der Waals surface area contributed by atoms with Gasteiger partial charge >= 0.3 is 0 Å². The number of nitrogens with zero attached hydrogens (tertiary/aromatic N) is 2. The molecule has 0 bridgehead atoms. The molecule has 1 heterocycles. The Morgan fingerprint density at radius 1 is 1.33 bits per heavy atom. The zero-order valence-corrected chi connectivity index (χ0v) is 8.14. The number of piperazine rings is 1. The van der Waals surface area contributed by atoms with Gasteiger partial charge in [-0.3, -0.25) is 4.90 Å². The fourth-order valence-electron chi connectivity index (χ4n) is 1.14. The highest BCUT2D eigenvalue weighted by atomic mass is 15.2. The number of nitrogens with one attached hydrogen (secondary N) is 1. The van der Waals surface area contributed by atoms with Gasteiger partial charge in [-0.1, -0.05) is 13.8 Å². The van der Waals surface area contributed by atoms with E-state index in [1.54, 1.807) is 0 Å². The third kappa shape index (κ3) is 5.11. The van der Waals surface area contributed by atoms with Crippen molar-refractivity contribution in [3.8, 4) is 6.07 Å². The Labute approximate surface area is 75.4 Å². The lowest BCUT2D eigenvalue weighted by Crippen LogP contribution is -2.43. The van der Waals surface area contributed by atoms with Crippen LogP contribution in [0.15, 0.2) is 0 Å². The van der Waals surface area contributed by atoms with Crippen LogP contribution < -0.4 is 5.32 Å². The van der Waals surface area contributed by atoms with E-state index in [0.29, 0.717) is 6.42 Å². The van der Waals surface area contributed by atoms with E-state index in [4.69, 9.17) is 5.26 Å². The fraction of sp³-hybridized carbons (Fsp3) is 0.889. The minimum Gasteiger partial charge on any atom is -0.314 e. The van der Waals surface area contributed by atoms with Crippen LogP contribution in [0.3, 0.4) is 0 Å². The maximum atomic E-state index is 8.30. The van der Waals surface area contributed by atoms with Gasteiger partial charge in [0.2, 0.25) is 0 Å². The predicted molar refractivity (Wildman–Crippen MR) is 50.9 cm³/mol. The first-order valence-electron chi connectivity index (χ1n) is 4.73. The fourth-order valence-corrected chi connectivity index (χ4v) is 1.14. The molecule has 0 saturated carbocycles. The molecule has 70 valence electrons. The Bertz CT molecular complexity index is 122. The number of hydrogen-bond donors (Lipinski definition) is 1. The summed E-state index contributed by atoms with van der Waals surface area (Å²) >= 11 is 0. The largest absolute Gasteiger partial charge is 0.314 e. The van der Waals surface area contributed by atoms with Gasteiger partial charge in [0, 0.05) is 39.1 Å². The summed E-state index contributed by atoms with van der Waals surface area (Å²) in [4.78, 5) is 2.32. The molecule has 0 aromatic rings. The first-order valence-corrected chi connectivity index (χ1v) is 4.73. The molecule has 1 N–H and O–H groups in total. The summed E-state index contributed by atoms with van der Waals surface area (Å²) in [5.41, 5.74) is 0. The molecule has 1 aliphatic rings. The van der Waals surface area contributed by atoms with E-state index in [1.807, 2.05) is 13.8 Å². The number of rotatable bonds is 2. The highest BCUT2D eigenvalue weighted by Gasteiger charge is 2.07. The average Bonchev–Trinajstić information content (AvgIpc) is 2.19. The second-order valence-corrected chi connectivity index (χ2v) is 2.50. The van der Waals surface area contributed by atoms with Crippen molar-refractivity contribution in [3.05, 3.63) is 0 Å². The van der Waals surface area contributed by atoms with Crippen molar-refractivity contribution < 1.29 is 0 Å². The average molecular weight is 169 g/mol. The topological polar surface area (TPSA) is 39.1 Å². The van der Waals surface area contributed by atoms with Gasteiger partial charge in [-0.2, -0.15) is 5.26 Å². The standard InChI is InChI=1S/C7H13N3.C2H6/c8-2-1-5-10-6-3-9-4-7-10;1-2/h9H,1,3-7H2;1-2H3. The summed E-state index contributed by atoms with van der Waals surface area (Å²) in [6.07, 6.45) is 0.667. The van der Waals surface area contributed by atoms with Crippen LogP contribution in [0.1, 0.15) is 20.3 Å². The highest BCUT2D eigenvalue weighted by Crippen LogP contribution is 1.92. The lowest BCUT2D eigenvalue weighted by atomic mass is 10.3. The van der Waals surface area contributed by atoms with E-state index >= 15 is 0 Å². The molecule has 1 fully saturated rings. The van der Waals surface area contributed by atoms with Gasteiger partial charge in [0.05, 0.1) is 6.07 Å². The molecule has 1 aliphatic heterocycles. The second kappa shape index (κ2) is 8.51. The minimum atomic E-state index is 0.667. The normalized spacial score (nSPS) is 17.4. The third-order valence-corrected chi connectivity index (χ3v) is 1.75. The van der Waals surface area contributed by atoms with E-state index in [-0.39, 0.29) is 0 Å². The molecule has 0 spiro atoms. The molecule has 0 atom stereocenters. The number of nitriles is 1. The molecule has 0 radical (unpaired) electrons. The van der Waals surface area contributed by atoms with E-state index in [9.17, 15) is 0 Å². The van der Waals surface area contributed by atoms with Gasteiger partial charge in [0.15, 0.2) is 0 Å². The van der Waals surface area contributed by atoms with Crippen LogP contribution in [0.5, 0.6) is 0 Å². The summed E-state index contributed by atoms with van der Waals surface area (Å²) in [5.74, 6) is 0. The van der Waals surface area contributed by atoms with Crippen LogP contribution in [-0.4, -0.2) is 37.6 Å². The van der Waals surface area contributed by atoms with Crippen molar-refractivity contribution in [3.63, 3.8) is 0 Å². The molecule has 1 rings (SSSR count). The maximum Gasteiger partial charge on any atom is 0.0635 e. The van der Waals surface area contributed by atoms with Gasteiger partial charge in [0.25, 0.3) is 0 Å². The highest BCUT2D eigenvalue weighted by molar-refractivity contribution is 4.74. The van der Waals surface area contributed by atoms with E-state index in [1.165, 1.54) is 0 Å². The summed E-state index contributed by atoms with van der Waals surface area (Å²) < 4.78 is 0. The summed E-state index contributed by atoms with van der Waals surface area (Å²) in [7, 11) is 0. The summed E-state index contributed by atoms with van der Waals surface area (Å²) in [6.45, 7) is 9.29. The van der Waals surface area contributed by atoms with Crippen molar-refractivity contribution in [2.45, 2.75) is 20.3 Å². The van der Waals surface area contributed by atoms with E-state index in [2.05, 4.69) is 16.3 Å². The van der Waals surface area contributed by atoms with Crippen molar-refractivity contribution in [2.24, 2.45) is 0 Å². The molecule has 0 aliphatic carbocycles. The number of hydrogen-bond acceptors (Lipinski definition) is 3. The van der Waals surface area contributed by atoms with E-state index < -0.39 is 0 Å². The van der Waals surface area contributed by atoms with Crippen LogP contribution in [0.2, 0.25) is 0 Å². The van der Waals surface area contributed by atoms with Crippen molar-refractivity contribution in [1.29, 1.82) is 5.26 Å². The third-order valence-electron chi connectivity index (χ3n) is 1.75. The zero-order chi connectivity index (χ0) is 9.23. The zero-order valence-electron chi connectivity index (χ0n) is 8.14. The maximum absolute atomic E-state index is 8.30. The van der Waals surface area contributed by atoms with Crippen LogP contribution in [-0.2, 0) is 0 Å². The van der Waals surface area contributed by atoms with Gasteiger partial charge in [-0.15, -0.1) is 0 Å². The molecule has 0 aromatic heterocycles. The lowest BCUT2D eigenvalue weighted by Gasteiger charge is -2.25. The van der Waals surface area contributed by atoms with Gasteiger partial charge in [-0.25, -0.2) is 0 Å². The minimum absolute atomic E-state index is 0.667. The molecular formula is C9H19N3. The first kappa shape index (κ1) is 11.4. The Hall–Kier alpha value is -0.590. The van der Waals surface area contributed by atoms with E-state index in [0.717, 1.165) is 32.7 Å². The smallest absolute Gasteiger partial charge is 0.0635 e. The summed E-state index contributed by atoms with van der Waals surface area (Å²) in [5, 5.41) is 11.6. The molecule has 0 amide bonds. The molecule has 1 saturated heterocycles. The Kier molecular flexibility index (Phi) is 8.09. The Morgan fingerprint density at radius 3 is 2.42 bits per heavy atom. The predicted octanol–water partition coefficient (Wildman–Crippen LogP) is 0.831. The quantitative estimate of drug-likeness (QED) is 0.665. The van der Waals surface area contributed by atoms with Gasteiger partial charge < -0.3 is 5.32 Å². The van der Waals surface area contributed by atoms with Gasteiger partial charge in [0.1, 0.15) is 0 Å². The molecule has 0 aromatic carbocycles. The first-order chi connectivity index (χ1) is 5.93.